The number of hydrogen-bond acceptors (Lipinski definition) is 3. The van der Waals surface area contributed by atoms with Crippen LogP contribution in [0.3, 0.4) is 0 Å². The fraction of sp³-hybridized carbons (Fsp3) is 0.286. The SMILES string of the molecule is O=C1CCCC2=C1[C@@H](c1cccc(O)c1)NC(=S)N2. The minimum atomic E-state index is -0.261. The number of hydrogen-bond donors (Lipinski definition) is 3. The molecule has 1 heterocycles. The van der Waals surface area contributed by atoms with E-state index in [0.29, 0.717) is 11.5 Å². The summed E-state index contributed by atoms with van der Waals surface area (Å²) < 4.78 is 0. The second kappa shape index (κ2) is 4.66. The highest BCUT2D eigenvalue weighted by Gasteiger charge is 2.33. The lowest BCUT2D eigenvalue weighted by molar-refractivity contribution is -0.116. The molecule has 0 amide bonds. The first-order valence-electron chi connectivity index (χ1n) is 6.28. The maximum absolute atomic E-state index is 12.2. The van der Waals surface area contributed by atoms with Gasteiger partial charge in [-0.2, -0.15) is 0 Å². The van der Waals surface area contributed by atoms with Crippen molar-refractivity contribution in [3.8, 4) is 5.75 Å². The number of nitrogens with one attached hydrogen (secondary N) is 2. The van der Waals surface area contributed by atoms with E-state index in [1.807, 2.05) is 6.07 Å². The van der Waals surface area contributed by atoms with Gasteiger partial charge in [-0.3, -0.25) is 4.79 Å². The van der Waals surface area contributed by atoms with Crippen molar-refractivity contribution in [2.75, 3.05) is 0 Å². The Balaban J connectivity index is 2.08. The number of thiocarbonyl (C=S) groups is 1. The number of rotatable bonds is 1. The fourth-order valence-corrected chi connectivity index (χ4v) is 2.90. The maximum atomic E-state index is 12.2. The van der Waals surface area contributed by atoms with Gasteiger partial charge in [-0.1, -0.05) is 12.1 Å². The molecule has 98 valence electrons. The van der Waals surface area contributed by atoms with Gasteiger partial charge in [-0.15, -0.1) is 0 Å². The van der Waals surface area contributed by atoms with Crippen molar-refractivity contribution in [3.63, 3.8) is 0 Å². The molecule has 0 saturated carbocycles. The molecule has 0 radical (unpaired) electrons. The van der Waals surface area contributed by atoms with E-state index in [1.165, 1.54) is 0 Å². The molecule has 1 aliphatic carbocycles. The normalized spacial score (nSPS) is 22.6. The van der Waals surface area contributed by atoms with E-state index in [9.17, 15) is 9.90 Å². The van der Waals surface area contributed by atoms with Crippen LogP contribution < -0.4 is 10.6 Å². The van der Waals surface area contributed by atoms with Crippen LogP contribution in [0.25, 0.3) is 0 Å². The van der Waals surface area contributed by atoms with Gasteiger partial charge in [0.05, 0.1) is 6.04 Å². The zero-order valence-corrected chi connectivity index (χ0v) is 11.1. The Morgan fingerprint density at radius 1 is 1.32 bits per heavy atom. The summed E-state index contributed by atoms with van der Waals surface area (Å²) in [5, 5.41) is 16.3. The number of allylic oxidation sites excluding steroid dienone is 1. The number of phenolic OH excluding ortho intramolecular Hbond substituents is 1. The van der Waals surface area contributed by atoms with Gasteiger partial charge >= 0.3 is 0 Å². The molecular weight excluding hydrogens is 260 g/mol. The van der Waals surface area contributed by atoms with E-state index in [1.54, 1.807) is 18.2 Å². The third-order valence-corrected chi connectivity index (χ3v) is 3.71. The quantitative estimate of drug-likeness (QED) is 0.683. The molecule has 3 N–H and O–H groups in total. The van der Waals surface area contributed by atoms with Gasteiger partial charge in [0.25, 0.3) is 0 Å². The van der Waals surface area contributed by atoms with Crippen LogP contribution in [-0.4, -0.2) is 16.0 Å². The van der Waals surface area contributed by atoms with Gasteiger partial charge in [-0.25, -0.2) is 0 Å². The zero-order chi connectivity index (χ0) is 13.4. The number of aromatic hydroxyl groups is 1. The predicted molar refractivity (Wildman–Crippen MR) is 75.6 cm³/mol. The monoisotopic (exact) mass is 274 g/mol. The van der Waals surface area contributed by atoms with Gasteiger partial charge in [0.2, 0.25) is 0 Å². The molecule has 0 saturated heterocycles. The molecule has 0 fully saturated rings. The van der Waals surface area contributed by atoms with E-state index in [2.05, 4.69) is 10.6 Å². The minimum Gasteiger partial charge on any atom is -0.508 e. The topological polar surface area (TPSA) is 61.4 Å². The molecule has 0 unspecified atom stereocenters. The molecule has 0 aromatic heterocycles. The first-order chi connectivity index (χ1) is 9.15. The van der Waals surface area contributed by atoms with Gasteiger partial charge < -0.3 is 15.7 Å². The van der Waals surface area contributed by atoms with Gasteiger partial charge in [0, 0.05) is 17.7 Å². The van der Waals surface area contributed by atoms with Crippen LogP contribution in [-0.2, 0) is 4.79 Å². The van der Waals surface area contributed by atoms with Crippen LogP contribution >= 0.6 is 12.2 Å². The lowest BCUT2D eigenvalue weighted by Crippen LogP contribution is -2.46. The zero-order valence-electron chi connectivity index (χ0n) is 10.3. The molecule has 0 spiro atoms. The number of carbonyl (C=O) groups is 1. The van der Waals surface area contributed by atoms with Crippen LogP contribution in [0.2, 0.25) is 0 Å². The van der Waals surface area contributed by atoms with Crippen molar-refractivity contribution < 1.29 is 9.90 Å². The highest BCUT2D eigenvalue weighted by Crippen LogP contribution is 2.34. The lowest BCUT2D eigenvalue weighted by atomic mass is 9.85. The average molecular weight is 274 g/mol. The molecule has 5 heteroatoms. The van der Waals surface area contributed by atoms with Crippen LogP contribution in [0.1, 0.15) is 30.9 Å². The number of ketones is 1. The van der Waals surface area contributed by atoms with E-state index >= 15 is 0 Å². The van der Waals surface area contributed by atoms with Crippen LogP contribution in [0.15, 0.2) is 35.5 Å². The van der Waals surface area contributed by atoms with Gasteiger partial charge in [-0.05, 0) is 42.8 Å². The molecule has 4 nitrogen and oxygen atoms in total. The standard InChI is InChI=1S/C14H14N2O2S/c17-9-4-1-3-8(7-9)13-12-10(15-14(19)16-13)5-2-6-11(12)18/h1,3-4,7,13,17H,2,5-6H2,(H2,15,16,19)/t13-/m1/s1. The summed E-state index contributed by atoms with van der Waals surface area (Å²) in [7, 11) is 0. The summed E-state index contributed by atoms with van der Waals surface area (Å²) in [5.74, 6) is 0.339. The van der Waals surface area contributed by atoms with Crippen molar-refractivity contribution in [1.29, 1.82) is 0 Å². The predicted octanol–water partition coefficient (Wildman–Crippen LogP) is 1.92. The first kappa shape index (κ1) is 12.2. The Labute approximate surface area is 116 Å². The van der Waals surface area contributed by atoms with Crippen LogP contribution in [0.4, 0.5) is 0 Å². The second-order valence-corrected chi connectivity index (χ2v) is 5.20. The van der Waals surface area contributed by atoms with Crippen molar-refractivity contribution in [1.82, 2.24) is 10.6 Å². The van der Waals surface area contributed by atoms with E-state index in [-0.39, 0.29) is 17.6 Å². The third kappa shape index (κ3) is 2.21. The number of benzene rings is 1. The molecular formula is C14H14N2O2S. The molecule has 1 atom stereocenters. The van der Waals surface area contributed by atoms with E-state index in [0.717, 1.165) is 29.7 Å². The lowest BCUT2D eigenvalue weighted by Gasteiger charge is -2.33. The Morgan fingerprint density at radius 3 is 2.95 bits per heavy atom. The summed E-state index contributed by atoms with van der Waals surface area (Å²) in [5.41, 5.74) is 2.53. The Kier molecular flexibility index (Phi) is 2.98. The maximum Gasteiger partial charge on any atom is 0.171 e. The van der Waals surface area contributed by atoms with Crippen molar-refractivity contribution in [2.24, 2.45) is 0 Å². The minimum absolute atomic E-state index is 0.150. The molecule has 1 aromatic carbocycles. The Bertz CT molecular complexity index is 595. The largest absolute Gasteiger partial charge is 0.508 e. The molecule has 1 aromatic rings. The first-order valence-corrected chi connectivity index (χ1v) is 6.68. The van der Waals surface area contributed by atoms with Crippen molar-refractivity contribution in [2.45, 2.75) is 25.3 Å². The molecule has 1 aliphatic heterocycles. The second-order valence-electron chi connectivity index (χ2n) is 4.80. The van der Waals surface area contributed by atoms with Crippen molar-refractivity contribution >= 4 is 23.1 Å². The Hall–Kier alpha value is -1.88. The summed E-state index contributed by atoms with van der Waals surface area (Å²) >= 11 is 5.19. The fourth-order valence-electron chi connectivity index (χ4n) is 2.66. The molecule has 0 bridgehead atoms. The number of Topliss-reactive ketones (excluding diaryl/α,β-unsaturated/α-hetero) is 1. The summed E-state index contributed by atoms with van der Waals surface area (Å²) in [4.78, 5) is 12.2. The van der Waals surface area contributed by atoms with Crippen LogP contribution in [0, 0.1) is 0 Å². The molecule has 3 rings (SSSR count). The van der Waals surface area contributed by atoms with Gasteiger partial charge in [0.15, 0.2) is 10.9 Å². The van der Waals surface area contributed by atoms with Gasteiger partial charge in [0.1, 0.15) is 5.75 Å². The highest BCUT2D eigenvalue weighted by atomic mass is 32.1. The number of carbonyl (C=O) groups excluding carboxylic acids is 1. The van der Waals surface area contributed by atoms with Crippen LogP contribution in [0.5, 0.6) is 5.75 Å². The summed E-state index contributed by atoms with van der Waals surface area (Å²) in [6.45, 7) is 0. The number of phenols is 1. The van der Waals surface area contributed by atoms with E-state index < -0.39 is 0 Å². The highest BCUT2D eigenvalue weighted by molar-refractivity contribution is 7.80. The Morgan fingerprint density at radius 2 is 2.16 bits per heavy atom. The van der Waals surface area contributed by atoms with Crippen molar-refractivity contribution in [3.05, 3.63) is 41.1 Å². The third-order valence-electron chi connectivity index (χ3n) is 3.49. The average Bonchev–Trinajstić information content (AvgIpc) is 2.37. The summed E-state index contributed by atoms with van der Waals surface area (Å²) in [6, 6.07) is 6.67. The smallest absolute Gasteiger partial charge is 0.171 e. The van der Waals surface area contributed by atoms with E-state index in [4.69, 9.17) is 12.2 Å². The molecule has 19 heavy (non-hydrogen) atoms. The molecule has 2 aliphatic rings. The summed E-state index contributed by atoms with van der Waals surface area (Å²) in [6.07, 6.45) is 2.28.